The molecule has 1 aromatic rings. The van der Waals surface area contributed by atoms with Gasteiger partial charge in [-0.15, -0.1) is 0 Å². The molecule has 0 aromatic heterocycles. The first-order chi connectivity index (χ1) is 7.65. The third-order valence-corrected chi connectivity index (χ3v) is 3.19. The molecule has 0 radical (unpaired) electrons. The summed E-state index contributed by atoms with van der Waals surface area (Å²) in [4.78, 5) is 2.44. The zero-order chi connectivity index (χ0) is 11.5. The third kappa shape index (κ3) is 2.80. The minimum absolute atomic E-state index is 0.162. The van der Waals surface area contributed by atoms with Crippen LogP contribution in [0.25, 0.3) is 0 Å². The largest absolute Gasteiger partial charge is 0.311 e. The normalized spacial score (nSPS) is 26.9. The van der Waals surface area contributed by atoms with Crippen LogP contribution >= 0.6 is 0 Å². The first kappa shape index (κ1) is 11.6. The smallest absolute Gasteiger partial charge is 0.123 e. The van der Waals surface area contributed by atoms with Crippen LogP contribution in [0, 0.1) is 5.82 Å². The van der Waals surface area contributed by atoms with Gasteiger partial charge in [-0.05, 0) is 31.5 Å². The highest BCUT2D eigenvalue weighted by Crippen LogP contribution is 2.12. The molecule has 0 saturated carbocycles. The van der Waals surface area contributed by atoms with E-state index in [1.54, 1.807) is 0 Å². The molecule has 16 heavy (non-hydrogen) atoms. The van der Waals surface area contributed by atoms with Crippen molar-refractivity contribution in [1.29, 1.82) is 0 Å². The van der Waals surface area contributed by atoms with Crippen molar-refractivity contribution in [3.63, 3.8) is 0 Å². The maximum Gasteiger partial charge on any atom is 0.123 e. The number of benzene rings is 1. The van der Waals surface area contributed by atoms with Gasteiger partial charge in [0.05, 0.1) is 0 Å². The van der Waals surface area contributed by atoms with Crippen LogP contribution < -0.4 is 5.32 Å². The van der Waals surface area contributed by atoms with Gasteiger partial charge >= 0.3 is 0 Å². The van der Waals surface area contributed by atoms with E-state index in [1.807, 2.05) is 12.1 Å². The van der Waals surface area contributed by atoms with E-state index in [0.717, 1.165) is 19.6 Å². The molecule has 0 amide bonds. The zero-order valence-corrected chi connectivity index (χ0v) is 9.91. The molecule has 1 aliphatic rings. The van der Waals surface area contributed by atoms with E-state index in [0.29, 0.717) is 12.1 Å². The Balaban J connectivity index is 2.00. The Morgan fingerprint density at radius 1 is 1.31 bits per heavy atom. The minimum Gasteiger partial charge on any atom is -0.311 e. The van der Waals surface area contributed by atoms with Gasteiger partial charge < -0.3 is 5.32 Å². The highest BCUT2D eigenvalue weighted by atomic mass is 19.1. The van der Waals surface area contributed by atoms with Crippen molar-refractivity contribution in [2.45, 2.75) is 32.5 Å². The number of hydrogen-bond donors (Lipinski definition) is 1. The first-order valence-electron chi connectivity index (χ1n) is 5.87. The number of nitrogens with zero attached hydrogens (tertiary/aromatic N) is 1. The molecule has 1 heterocycles. The fraction of sp³-hybridized carbons (Fsp3) is 0.538. The van der Waals surface area contributed by atoms with Crippen molar-refractivity contribution in [3.8, 4) is 0 Å². The Morgan fingerprint density at radius 3 is 2.69 bits per heavy atom. The fourth-order valence-electron chi connectivity index (χ4n) is 2.14. The molecule has 0 bridgehead atoms. The SMILES string of the molecule is CC1CN(Cc2ccc(F)cc2)[C@@H](C)CN1. The summed E-state index contributed by atoms with van der Waals surface area (Å²) in [6, 6.07) is 7.89. The van der Waals surface area contributed by atoms with Crippen LogP contribution in [0.15, 0.2) is 24.3 Å². The molecule has 1 unspecified atom stereocenters. The molecule has 3 heteroatoms. The Bertz CT molecular complexity index is 336. The summed E-state index contributed by atoms with van der Waals surface area (Å²) in [5.74, 6) is -0.162. The van der Waals surface area contributed by atoms with Crippen LogP contribution in [-0.2, 0) is 6.54 Å². The average molecular weight is 222 g/mol. The maximum atomic E-state index is 12.8. The van der Waals surface area contributed by atoms with Crippen LogP contribution in [0.1, 0.15) is 19.4 Å². The Kier molecular flexibility index (Phi) is 3.56. The lowest BCUT2D eigenvalue weighted by Gasteiger charge is -2.37. The van der Waals surface area contributed by atoms with Gasteiger partial charge in [0.1, 0.15) is 5.82 Å². The molecule has 1 N–H and O–H groups in total. The van der Waals surface area contributed by atoms with Gasteiger partial charge in [0.25, 0.3) is 0 Å². The lowest BCUT2D eigenvalue weighted by molar-refractivity contribution is 0.139. The summed E-state index contributed by atoms with van der Waals surface area (Å²) in [6.45, 7) is 7.42. The summed E-state index contributed by atoms with van der Waals surface area (Å²) in [7, 11) is 0. The van der Waals surface area contributed by atoms with Gasteiger partial charge in [-0.1, -0.05) is 12.1 Å². The number of nitrogens with one attached hydrogen (secondary N) is 1. The van der Waals surface area contributed by atoms with Crippen LogP contribution in [-0.4, -0.2) is 30.1 Å². The molecule has 2 rings (SSSR count). The Hall–Kier alpha value is -0.930. The van der Waals surface area contributed by atoms with Crippen molar-refractivity contribution in [2.24, 2.45) is 0 Å². The van der Waals surface area contributed by atoms with E-state index in [1.165, 1.54) is 17.7 Å². The summed E-state index contributed by atoms with van der Waals surface area (Å²) in [5, 5.41) is 3.45. The summed E-state index contributed by atoms with van der Waals surface area (Å²) < 4.78 is 12.8. The number of piperazine rings is 1. The Morgan fingerprint density at radius 2 is 2.00 bits per heavy atom. The topological polar surface area (TPSA) is 15.3 Å². The molecular weight excluding hydrogens is 203 g/mol. The van der Waals surface area contributed by atoms with Crippen molar-refractivity contribution in [1.82, 2.24) is 10.2 Å². The van der Waals surface area contributed by atoms with Gasteiger partial charge in [0.2, 0.25) is 0 Å². The van der Waals surface area contributed by atoms with E-state index >= 15 is 0 Å². The van der Waals surface area contributed by atoms with E-state index in [2.05, 4.69) is 24.1 Å². The molecule has 1 saturated heterocycles. The highest BCUT2D eigenvalue weighted by molar-refractivity contribution is 5.16. The van der Waals surface area contributed by atoms with E-state index in [4.69, 9.17) is 0 Å². The second-order valence-corrected chi connectivity index (χ2v) is 4.71. The predicted octanol–water partition coefficient (Wildman–Crippen LogP) is 2.01. The predicted molar refractivity (Wildman–Crippen MR) is 63.7 cm³/mol. The fourth-order valence-corrected chi connectivity index (χ4v) is 2.14. The van der Waals surface area contributed by atoms with Crippen molar-refractivity contribution in [3.05, 3.63) is 35.6 Å². The molecule has 2 atom stereocenters. The molecule has 2 nitrogen and oxygen atoms in total. The summed E-state index contributed by atoms with van der Waals surface area (Å²) in [5.41, 5.74) is 1.18. The van der Waals surface area contributed by atoms with Crippen molar-refractivity contribution >= 4 is 0 Å². The maximum absolute atomic E-state index is 12.8. The van der Waals surface area contributed by atoms with Crippen molar-refractivity contribution in [2.75, 3.05) is 13.1 Å². The lowest BCUT2D eigenvalue weighted by atomic mass is 10.1. The van der Waals surface area contributed by atoms with Gasteiger partial charge in [0.15, 0.2) is 0 Å². The molecule has 1 aliphatic heterocycles. The van der Waals surface area contributed by atoms with Gasteiger partial charge in [0, 0.05) is 31.7 Å². The highest BCUT2D eigenvalue weighted by Gasteiger charge is 2.21. The van der Waals surface area contributed by atoms with Gasteiger partial charge in [-0.2, -0.15) is 0 Å². The molecule has 0 spiro atoms. The second kappa shape index (κ2) is 4.93. The monoisotopic (exact) mass is 222 g/mol. The Labute approximate surface area is 96.5 Å². The van der Waals surface area contributed by atoms with E-state index < -0.39 is 0 Å². The van der Waals surface area contributed by atoms with Gasteiger partial charge in [-0.25, -0.2) is 4.39 Å². The standard InChI is InChI=1S/C13H19FN2/c1-10-8-16(11(2)7-15-10)9-12-3-5-13(14)6-4-12/h3-6,10-11,15H,7-9H2,1-2H3/t10?,11-/m0/s1. The minimum atomic E-state index is -0.162. The number of rotatable bonds is 2. The molecule has 1 aromatic carbocycles. The van der Waals surface area contributed by atoms with Crippen LogP contribution in [0.3, 0.4) is 0 Å². The van der Waals surface area contributed by atoms with Gasteiger partial charge in [-0.3, -0.25) is 4.90 Å². The van der Waals surface area contributed by atoms with Crippen LogP contribution in [0.2, 0.25) is 0 Å². The number of halogens is 1. The molecular formula is C13H19FN2. The number of hydrogen-bond acceptors (Lipinski definition) is 2. The quantitative estimate of drug-likeness (QED) is 0.823. The summed E-state index contributed by atoms with van der Waals surface area (Å²) >= 11 is 0. The average Bonchev–Trinajstić information content (AvgIpc) is 2.27. The van der Waals surface area contributed by atoms with Crippen LogP contribution in [0.4, 0.5) is 4.39 Å². The van der Waals surface area contributed by atoms with Crippen molar-refractivity contribution < 1.29 is 4.39 Å². The first-order valence-corrected chi connectivity index (χ1v) is 5.87. The zero-order valence-electron chi connectivity index (χ0n) is 9.91. The van der Waals surface area contributed by atoms with E-state index in [9.17, 15) is 4.39 Å². The lowest BCUT2D eigenvalue weighted by Crippen LogP contribution is -2.53. The summed E-state index contributed by atoms with van der Waals surface area (Å²) in [6.07, 6.45) is 0. The third-order valence-electron chi connectivity index (χ3n) is 3.19. The van der Waals surface area contributed by atoms with Crippen LogP contribution in [0.5, 0.6) is 0 Å². The van der Waals surface area contributed by atoms with E-state index in [-0.39, 0.29) is 5.82 Å². The molecule has 88 valence electrons. The second-order valence-electron chi connectivity index (χ2n) is 4.71. The molecule has 0 aliphatic carbocycles. The molecule has 1 fully saturated rings.